The molecule has 0 saturated heterocycles. The first-order valence-electron chi connectivity index (χ1n) is 8.43. The number of rotatable bonds is 3. The lowest BCUT2D eigenvalue weighted by Crippen LogP contribution is -2.38. The highest BCUT2D eigenvalue weighted by atomic mass is 16.7. The molecule has 3 heterocycles. The largest absolute Gasteiger partial charge is 0.454 e. The van der Waals surface area contributed by atoms with Crippen LogP contribution in [0, 0.1) is 5.92 Å². The van der Waals surface area contributed by atoms with Crippen LogP contribution in [0.3, 0.4) is 0 Å². The number of amides is 1. The Bertz CT molecular complexity index is 786. The molecular formula is C18H22N4O3. The van der Waals surface area contributed by atoms with Crippen molar-refractivity contribution in [2.75, 3.05) is 27.4 Å². The second-order valence-corrected chi connectivity index (χ2v) is 6.79. The Labute approximate surface area is 146 Å². The predicted molar refractivity (Wildman–Crippen MR) is 91.1 cm³/mol. The van der Waals surface area contributed by atoms with Crippen molar-refractivity contribution in [2.24, 2.45) is 5.92 Å². The number of benzene rings is 1. The van der Waals surface area contributed by atoms with Gasteiger partial charge in [-0.3, -0.25) is 14.4 Å². The zero-order valence-electron chi connectivity index (χ0n) is 14.5. The average molecular weight is 342 g/mol. The van der Waals surface area contributed by atoms with Crippen molar-refractivity contribution >= 4 is 5.91 Å². The third-order valence-electron chi connectivity index (χ3n) is 4.70. The van der Waals surface area contributed by atoms with Crippen molar-refractivity contribution in [1.82, 2.24) is 19.6 Å². The molecule has 4 rings (SSSR count). The van der Waals surface area contributed by atoms with Crippen LogP contribution < -0.4 is 9.47 Å². The van der Waals surface area contributed by atoms with Crippen LogP contribution in [0.2, 0.25) is 0 Å². The molecule has 2 aliphatic heterocycles. The standard InChI is InChI=1S/C18H22N4O3/c1-20(2)18(23)14-9-21(11-15-5-6-19-22(15)10-14)8-13-3-4-16-17(7-13)25-12-24-16/h3-7,14H,8-12H2,1-2H3/t14-/m0/s1. The second kappa shape index (κ2) is 6.40. The molecule has 2 aliphatic rings. The van der Waals surface area contributed by atoms with E-state index in [4.69, 9.17) is 9.47 Å². The van der Waals surface area contributed by atoms with Gasteiger partial charge in [-0.05, 0) is 23.8 Å². The molecule has 0 fully saturated rings. The summed E-state index contributed by atoms with van der Waals surface area (Å²) in [6.45, 7) is 3.12. The highest BCUT2D eigenvalue weighted by molar-refractivity contribution is 5.78. The highest BCUT2D eigenvalue weighted by Crippen LogP contribution is 2.33. The van der Waals surface area contributed by atoms with Crippen LogP contribution in [0.15, 0.2) is 30.5 Å². The number of carbonyl (C=O) groups excluding carboxylic acids is 1. The number of hydrogen-bond donors (Lipinski definition) is 0. The fourth-order valence-corrected chi connectivity index (χ4v) is 3.47. The van der Waals surface area contributed by atoms with E-state index in [2.05, 4.69) is 16.1 Å². The van der Waals surface area contributed by atoms with Crippen LogP contribution in [0.5, 0.6) is 11.5 Å². The fraction of sp³-hybridized carbons (Fsp3) is 0.444. The van der Waals surface area contributed by atoms with E-state index < -0.39 is 0 Å². The van der Waals surface area contributed by atoms with Gasteiger partial charge in [0.2, 0.25) is 12.7 Å². The summed E-state index contributed by atoms with van der Waals surface area (Å²) in [6, 6.07) is 8.04. The molecule has 132 valence electrons. The smallest absolute Gasteiger partial charge is 0.231 e. The lowest BCUT2D eigenvalue weighted by atomic mass is 10.1. The normalized spacial score (nSPS) is 19.4. The van der Waals surface area contributed by atoms with Gasteiger partial charge in [-0.1, -0.05) is 6.07 Å². The Kier molecular flexibility index (Phi) is 4.09. The molecule has 0 aliphatic carbocycles. The zero-order chi connectivity index (χ0) is 17.4. The second-order valence-electron chi connectivity index (χ2n) is 6.79. The average Bonchev–Trinajstić information content (AvgIpc) is 3.19. The van der Waals surface area contributed by atoms with E-state index in [9.17, 15) is 4.79 Å². The Morgan fingerprint density at radius 2 is 2.08 bits per heavy atom. The number of fused-ring (bicyclic) bond motifs is 2. The minimum absolute atomic E-state index is 0.106. The van der Waals surface area contributed by atoms with Gasteiger partial charge in [0.1, 0.15) is 0 Å². The molecule has 0 bridgehead atoms. The van der Waals surface area contributed by atoms with Crippen LogP contribution in [0.25, 0.3) is 0 Å². The third kappa shape index (κ3) is 3.19. The van der Waals surface area contributed by atoms with Gasteiger partial charge >= 0.3 is 0 Å². The summed E-state index contributed by atoms with van der Waals surface area (Å²) in [4.78, 5) is 16.5. The summed E-state index contributed by atoms with van der Waals surface area (Å²) >= 11 is 0. The molecule has 0 saturated carbocycles. The van der Waals surface area contributed by atoms with Gasteiger partial charge < -0.3 is 14.4 Å². The van der Waals surface area contributed by atoms with Crippen LogP contribution in [-0.4, -0.2) is 52.9 Å². The lowest BCUT2D eigenvalue weighted by Gasteiger charge is -2.25. The Hall–Kier alpha value is -2.54. The van der Waals surface area contributed by atoms with E-state index >= 15 is 0 Å². The molecule has 0 unspecified atom stereocenters. The third-order valence-corrected chi connectivity index (χ3v) is 4.70. The van der Waals surface area contributed by atoms with Crippen molar-refractivity contribution in [2.45, 2.75) is 19.6 Å². The van der Waals surface area contributed by atoms with Crippen molar-refractivity contribution < 1.29 is 14.3 Å². The maximum atomic E-state index is 12.6. The molecule has 1 aromatic carbocycles. The predicted octanol–water partition coefficient (Wildman–Crippen LogP) is 1.33. The molecule has 0 spiro atoms. The van der Waals surface area contributed by atoms with E-state index in [1.807, 2.05) is 22.9 Å². The van der Waals surface area contributed by atoms with E-state index in [0.717, 1.165) is 35.8 Å². The topological polar surface area (TPSA) is 59.8 Å². The molecule has 1 amide bonds. The summed E-state index contributed by atoms with van der Waals surface area (Å²) in [5, 5.41) is 4.38. The Morgan fingerprint density at radius 3 is 2.92 bits per heavy atom. The van der Waals surface area contributed by atoms with E-state index in [-0.39, 0.29) is 18.6 Å². The lowest BCUT2D eigenvalue weighted by molar-refractivity contribution is -0.134. The Morgan fingerprint density at radius 1 is 1.24 bits per heavy atom. The molecule has 7 heteroatoms. The van der Waals surface area contributed by atoms with Gasteiger partial charge in [-0.2, -0.15) is 5.10 Å². The maximum absolute atomic E-state index is 12.6. The first-order chi connectivity index (χ1) is 12.1. The van der Waals surface area contributed by atoms with Gasteiger partial charge in [0.05, 0.1) is 18.2 Å². The van der Waals surface area contributed by atoms with Crippen molar-refractivity contribution in [3.63, 3.8) is 0 Å². The van der Waals surface area contributed by atoms with Gasteiger partial charge in [0, 0.05) is 39.9 Å². The summed E-state index contributed by atoms with van der Waals surface area (Å²) in [5.74, 6) is 1.61. The first kappa shape index (κ1) is 16.0. The monoisotopic (exact) mass is 342 g/mol. The number of ether oxygens (including phenoxy) is 2. The van der Waals surface area contributed by atoms with Gasteiger partial charge in [0.15, 0.2) is 11.5 Å². The quantitative estimate of drug-likeness (QED) is 0.842. The van der Waals surface area contributed by atoms with Crippen molar-refractivity contribution in [3.8, 4) is 11.5 Å². The van der Waals surface area contributed by atoms with Gasteiger partial charge in [-0.25, -0.2) is 0 Å². The van der Waals surface area contributed by atoms with E-state index in [0.29, 0.717) is 13.1 Å². The number of nitrogens with zero attached hydrogens (tertiary/aromatic N) is 4. The summed E-state index contributed by atoms with van der Waals surface area (Å²) in [5.41, 5.74) is 2.28. The van der Waals surface area contributed by atoms with Gasteiger partial charge in [0.25, 0.3) is 0 Å². The SMILES string of the molecule is CN(C)C(=O)[C@H]1CN(Cc2ccc3c(c2)OCO3)Cc2ccnn2C1. The zero-order valence-corrected chi connectivity index (χ0v) is 14.5. The Balaban J connectivity index is 1.56. The molecular weight excluding hydrogens is 320 g/mol. The highest BCUT2D eigenvalue weighted by Gasteiger charge is 2.28. The molecule has 7 nitrogen and oxygen atoms in total. The molecule has 2 aromatic rings. The minimum atomic E-state index is -0.106. The molecule has 0 radical (unpaired) electrons. The molecule has 1 aromatic heterocycles. The van der Waals surface area contributed by atoms with Crippen molar-refractivity contribution in [3.05, 3.63) is 41.7 Å². The summed E-state index contributed by atoms with van der Waals surface area (Å²) < 4.78 is 12.8. The van der Waals surface area contributed by atoms with Crippen LogP contribution >= 0.6 is 0 Å². The molecule has 0 N–H and O–H groups in total. The fourth-order valence-electron chi connectivity index (χ4n) is 3.47. The van der Waals surface area contributed by atoms with E-state index in [1.165, 1.54) is 0 Å². The first-order valence-corrected chi connectivity index (χ1v) is 8.43. The summed E-state index contributed by atoms with van der Waals surface area (Å²) in [7, 11) is 3.61. The molecule has 25 heavy (non-hydrogen) atoms. The number of carbonyl (C=O) groups is 1. The minimum Gasteiger partial charge on any atom is -0.454 e. The van der Waals surface area contributed by atoms with Crippen LogP contribution in [-0.2, 0) is 24.4 Å². The van der Waals surface area contributed by atoms with Crippen LogP contribution in [0.1, 0.15) is 11.3 Å². The van der Waals surface area contributed by atoms with Gasteiger partial charge in [-0.15, -0.1) is 0 Å². The number of hydrogen-bond acceptors (Lipinski definition) is 5. The summed E-state index contributed by atoms with van der Waals surface area (Å²) in [6.07, 6.45) is 1.80. The molecule has 1 atom stereocenters. The van der Waals surface area contributed by atoms with E-state index in [1.54, 1.807) is 25.2 Å². The number of aromatic nitrogens is 2. The maximum Gasteiger partial charge on any atom is 0.231 e. The van der Waals surface area contributed by atoms with Crippen molar-refractivity contribution in [1.29, 1.82) is 0 Å². The van der Waals surface area contributed by atoms with Crippen LogP contribution in [0.4, 0.5) is 0 Å².